The van der Waals surface area contributed by atoms with Crippen LogP contribution >= 0.6 is 12.2 Å². The van der Waals surface area contributed by atoms with Gasteiger partial charge in [0.15, 0.2) is 5.11 Å². The minimum absolute atomic E-state index is 0.240. The number of anilines is 2. The summed E-state index contributed by atoms with van der Waals surface area (Å²) in [6.45, 7) is 1.56. The van der Waals surface area contributed by atoms with Crippen LogP contribution in [0.1, 0.15) is 18.4 Å². The van der Waals surface area contributed by atoms with E-state index in [4.69, 9.17) is 17.0 Å². The molecule has 0 amide bonds. The van der Waals surface area contributed by atoms with E-state index in [1.165, 1.54) is 12.1 Å². The van der Waals surface area contributed by atoms with Crippen LogP contribution in [0.5, 0.6) is 11.5 Å². The second-order valence-electron chi connectivity index (χ2n) is 7.58. The fourth-order valence-electron chi connectivity index (χ4n) is 3.53. The van der Waals surface area contributed by atoms with Crippen molar-refractivity contribution in [2.24, 2.45) is 0 Å². The molecular formula is C23H22F3N5OS. The molecule has 0 atom stereocenters. The Morgan fingerprint density at radius 3 is 2.45 bits per heavy atom. The lowest BCUT2D eigenvalue weighted by Gasteiger charge is -2.33. The number of aromatic nitrogens is 2. The number of benzene rings is 1. The van der Waals surface area contributed by atoms with Gasteiger partial charge in [-0.25, -0.2) is 4.98 Å². The van der Waals surface area contributed by atoms with Crippen molar-refractivity contribution < 1.29 is 17.9 Å². The summed E-state index contributed by atoms with van der Waals surface area (Å²) in [5.74, 6) is 1.61. The predicted molar refractivity (Wildman–Crippen MR) is 125 cm³/mol. The highest BCUT2D eigenvalue weighted by atomic mass is 32.1. The van der Waals surface area contributed by atoms with Crippen molar-refractivity contribution in [1.82, 2.24) is 15.3 Å². The molecule has 6 nitrogen and oxygen atoms in total. The Balaban J connectivity index is 1.30. The third-order valence-corrected chi connectivity index (χ3v) is 5.43. The molecule has 2 aromatic heterocycles. The molecule has 0 saturated carbocycles. The average Bonchev–Trinajstić information content (AvgIpc) is 2.80. The van der Waals surface area contributed by atoms with Gasteiger partial charge in [-0.3, -0.25) is 4.98 Å². The maximum atomic E-state index is 12.7. The molecule has 4 rings (SSSR count). The van der Waals surface area contributed by atoms with Gasteiger partial charge in [0.2, 0.25) is 0 Å². The molecule has 3 aromatic rings. The third-order valence-electron chi connectivity index (χ3n) is 5.21. The van der Waals surface area contributed by atoms with E-state index in [2.05, 4.69) is 25.5 Å². The largest absolute Gasteiger partial charge is 0.457 e. The van der Waals surface area contributed by atoms with Crippen LogP contribution in [-0.2, 0) is 6.18 Å². The van der Waals surface area contributed by atoms with Gasteiger partial charge in [-0.1, -0.05) is 0 Å². The zero-order chi connectivity index (χ0) is 23.3. The molecule has 33 heavy (non-hydrogen) atoms. The minimum atomic E-state index is -4.37. The van der Waals surface area contributed by atoms with Crippen molar-refractivity contribution in [2.45, 2.75) is 25.1 Å². The fraction of sp³-hybridized carbons (Fsp3) is 0.261. The summed E-state index contributed by atoms with van der Waals surface area (Å²) in [5, 5.41) is 7.03. The van der Waals surface area contributed by atoms with Crippen molar-refractivity contribution in [3.05, 3.63) is 72.7 Å². The summed E-state index contributed by atoms with van der Waals surface area (Å²) in [6.07, 6.45) is 2.42. The zero-order valence-corrected chi connectivity index (χ0v) is 18.4. The van der Waals surface area contributed by atoms with E-state index >= 15 is 0 Å². The molecule has 1 fully saturated rings. The molecule has 0 bridgehead atoms. The van der Waals surface area contributed by atoms with Crippen LogP contribution in [-0.4, -0.2) is 34.2 Å². The van der Waals surface area contributed by atoms with E-state index in [0.717, 1.165) is 49.6 Å². The van der Waals surface area contributed by atoms with Crippen LogP contribution in [0.3, 0.4) is 0 Å². The van der Waals surface area contributed by atoms with Crippen LogP contribution in [0.2, 0.25) is 0 Å². The predicted octanol–water partition coefficient (Wildman–Crippen LogP) is 5.24. The second kappa shape index (κ2) is 10.0. The number of rotatable bonds is 5. The first kappa shape index (κ1) is 22.8. The van der Waals surface area contributed by atoms with Gasteiger partial charge >= 0.3 is 6.18 Å². The number of hydrogen-bond acceptors (Lipinski definition) is 5. The van der Waals surface area contributed by atoms with Crippen LogP contribution in [0, 0.1) is 0 Å². The normalized spacial score (nSPS) is 14.6. The lowest BCUT2D eigenvalue weighted by molar-refractivity contribution is -0.137. The first-order valence-electron chi connectivity index (χ1n) is 10.4. The molecule has 3 heterocycles. The molecule has 0 unspecified atom stereocenters. The number of nitrogens with zero attached hydrogens (tertiary/aromatic N) is 3. The highest BCUT2D eigenvalue weighted by Crippen LogP contribution is 2.32. The number of thiocarbonyl (C=S) groups is 1. The Hall–Kier alpha value is -3.40. The highest BCUT2D eigenvalue weighted by molar-refractivity contribution is 7.80. The summed E-state index contributed by atoms with van der Waals surface area (Å²) in [7, 11) is 0. The Labute approximate surface area is 194 Å². The van der Waals surface area contributed by atoms with Crippen LogP contribution in [0.15, 0.2) is 67.1 Å². The average molecular weight is 474 g/mol. The quantitative estimate of drug-likeness (QED) is 0.491. The first-order chi connectivity index (χ1) is 15.9. The second-order valence-corrected chi connectivity index (χ2v) is 7.98. The molecular weight excluding hydrogens is 451 g/mol. The fourth-order valence-corrected chi connectivity index (χ4v) is 3.81. The maximum Gasteiger partial charge on any atom is 0.416 e. The number of hydrogen-bond donors (Lipinski definition) is 2. The van der Waals surface area contributed by atoms with E-state index < -0.39 is 11.7 Å². The lowest BCUT2D eigenvalue weighted by atomic mass is 10.1. The van der Waals surface area contributed by atoms with Gasteiger partial charge in [0, 0.05) is 37.6 Å². The van der Waals surface area contributed by atoms with Gasteiger partial charge in [0.05, 0.1) is 17.4 Å². The minimum Gasteiger partial charge on any atom is -0.457 e. The standard InChI is InChI=1S/C23H22F3N5OS/c24-23(25,26)16-3-5-19(6-4-16)32-20-7-11-28-21(14-20)31-12-8-17(9-13-31)29-22(33)30-18-2-1-10-27-15-18/h1-7,10-11,14-15,17H,8-9,12-13H2,(H2,29,30,33). The van der Waals surface area contributed by atoms with Gasteiger partial charge < -0.3 is 20.3 Å². The Morgan fingerprint density at radius 2 is 1.79 bits per heavy atom. The maximum absolute atomic E-state index is 12.7. The van der Waals surface area contributed by atoms with E-state index in [9.17, 15) is 13.2 Å². The van der Waals surface area contributed by atoms with Crippen LogP contribution in [0.4, 0.5) is 24.7 Å². The summed E-state index contributed by atoms with van der Waals surface area (Å²) in [6, 6.07) is 12.1. The van der Waals surface area contributed by atoms with Crippen molar-refractivity contribution in [3.8, 4) is 11.5 Å². The van der Waals surface area contributed by atoms with E-state index in [0.29, 0.717) is 16.6 Å². The Bertz CT molecular complexity index is 1070. The third kappa shape index (κ3) is 6.32. The number of ether oxygens (including phenoxy) is 1. The van der Waals surface area contributed by atoms with E-state index in [1.54, 1.807) is 30.7 Å². The summed E-state index contributed by atoms with van der Waals surface area (Å²) < 4.78 is 43.9. The van der Waals surface area contributed by atoms with Crippen molar-refractivity contribution in [2.75, 3.05) is 23.3 Å². The number of piperidine rings is 1. The molecule has 0 aliphatic carbocycles. The van der Waals surface area contributed by atoms with Crippen molar-refractivity contribution in [3.63, 3.8) is 0 Å². The number of halogens is 3. The zero-order valence-electron chi connectivity index (χ0n) is 17.5. The van der Waals surface area contributed by atoms with Gasteiger partial charge in [-0.2, -0.15) is 13.2 Å². The van der Waals surface area contributed by atoms with E-state index in [-0.39, 0.29) is 6.04 Å². The van der Waals surface area contributed by atoms with Gasteiger partial charge in [-0.15, -0.1) is 0 Å². The van der Waals surface area contributed by atoms with Crippen LogP contribution < -0.4 is 20.3 Å². The van der Waals surface area contributed by atoms with Gasteiger partial charge in [0.25, 0.3) is 0 Å². The van der Waals surface area contributed by atoms with Gasteiger partial charge in [0.1, 0.15) is 17.3 Å². The summed E-state index contributed by atoms with van der Waals surface area (Å²) in [5.41, 5.74) is 0.123. The monoisotopic (exact) mass is 473 g/mol. The summed E-state index contributed by atoms with van der Waals surface area (Å²) in [4.78, 5) is 10.6. The molecule has 1 aliphatic rings. The number of alkyl halides is 3. The van der Waals surface area contributed by atoms with Crippen molar-refractivity contribution >= 4 is 28.8 Å². The van der Waals surface area contributed by atoms with Crippen LogP contribution in [0.25, 0.3) is 0 Å². The molecule has 1 aromatic carbocycles. The molecule has 1 aliphatic heterocycles. The highest BCUT2D eigenvalue weighted by Gasteiger charge is 2.30. The molecule has 0 spiro atoms. The number of nitrogens with one attached hydrogen (secondary N) is 2. The smallest absolute Gasteiger partial charge is 0.416 e. The number of pyridine rings is 2. The molecule has 2 N–H and O–H groups in total. The molecule has 10 heteroatoms. The molecule has 172 valence electrons. The lowest BCUT2D eigenvalue weighted by Crippen LogP contribution is -2.46. The van der Waals surface area contributed by atoms with E-state index in [1.807, 2.05) is 12.1 Å². The topological polar surface area (TPSA) is 62.3 Å². The first-order valence-corrected chi connectivity index (χ1v) is 10.8. The Morgan fingerprint density at radius 1 is 1.03 bits per heavy atom. The van der Waals surface area contributed by atoms with Gasteiger partial charge in [-0.05, 0) is 67.5 Å². The van der Waals surface area contributed by atoms with Crippen molar-refractivity contribution in [1.29, 1.82) is 0 Å². The summed E-state index contributed by atoms with van der Waals surface area (Å²) >= 11 is 5.39. The molecule has 0 radical (unpaired) electrons. The SMILES string of the molecule is FC(F)(F)c1ccc(Oc2ccnc(N3CCC(NC(=S)Nc4cccnc4)CC3)c2)cc1. The molecule has 1 saturated heterocycles. The Kier molecular flexibility index (Phi) is 6.93.